The van der Waals surface area contributed by atoms with Crippen LogP contribution in [0.3, 0.4) is 0 Å². The number of carbonyl (C=O) groups is 1. The third kappa shape index (κ3) is 3.22. The van der Waals surface area contributed by atoms with Crippen molar-refractivity contribution >= 4 is 11.7 Å². The Morgan fingerprint density at radius 3 is 2.85 bits per heavy atom. The molecule has 6 nitrogen and oxygen atoms in total. The van der Waals surface area contributed by atoms with E-state index in [-0.39, 0.29) is 11.8 Å². The summed E-state index contributed by atoms with van der Waals surface area (Å²) in [6.45, 7) is 1.91. The molecule has 1 atom stereocenters. The number of nitrogens with one attached hydrogen (secondary N) is 1. The van der Waals surface area contributed by atoms with E-state index in [2.05, 4.69) is 20.4 Å². The Morgan fingerprint density at radius 1 is 1.23 bits per heavy atom. The van der Waals surface area contributed by atoms with E-state index in [1.807, 2.05) is 50.5 Å². The number of nitrogens with zero attached hydrogens (tertiary/aromatic N) is 4. The normalized spacial score (nSPS) is 16.2. The molecule has 1 N–H and O–H groups in total. The molecule has 0 fully saturated rings. The van der Waals surface area contributed by atoms with Crippen LogP contribution in [-0.4, -0.2) is 25.7 Å². The van der Waals surface area contributed by atoms with Crippen LogP contribution < -0.4 is 5.32 Å². The molecule has 0 aliphatic heterocycles. The molecule has 1 aliphatic rings. The van der Waals surface area contributed by atoms with Crippen LogP contribution in [0.5, 0.6) is 0 Å². The van der Waals surface area contributed by atoms with Gasteiger partial charge in [0.15, 0.2) is 5.82 Å². The van der Waals surface area contributed by atoms with Crippen molar-refractivity contribution in [1.29, 1.82) is 0 Å². The van der Waals surface area contributed by atoms with Gasteiger partial charge >= 0.3 is 0 Å². The first-order valence-electron chi connectivity index (χ1n) is 8.84. The molecule has 0 saturated heterocycles. The zero-order chi connectivity index (χ0) is 18.1. The number of carbonyl (C=O) groups excluding carboxylic acids is 1. The Morgan fingerprint density at radius 2 is 2.04 bits per heavy atom. The van der Waals surface area contributed by atoms with E-state index in [1.165, 1.54) is 0 Å². The number of fused-ring (bicyclic) bond motifs is 1. The van der Waals surface area contributed by atoms with Gasteiger partial charge in [-0.2, -0.15) is 5.10 Å². The van der Waals surface area contributed by atoms with Gasteiger partial charge in [0.05, 0.1) is 11.6 Å². The van der Waals surface area contributed by atoms with E-state index in [9.17, 15) is 4.79 Å². The van der Waals surface area contributed by atoms with Crippen LogP contribution >= 0.6 is 0 Å². The number of hydrogen-bond acceptors (Lipinski definition) is 4. The molecule has 2 heterocycles. The zero-order valence-corrected chi connectivity index (χ0v) is 14.9. The van der Waals surface area contributed by atoms with Crippen molar-refractivity contribution in [3.8, 4) is 11.4 Å². The summed E-state index contributed by atoms with van der Waals surface area (Å²) >= 11 is 0. The summed E-state index contributed by atoms with van der Waals surface area (Å²) in [5, 5.41) is 7.46. The second-order valence-corrected chi connectivity index (χ2v) is 6.72. The minimum Gasteiger partial charge on any atom is -0.310 e. The lowest BCUT2D eigenvalue weighted by Gasteiger charge is -2.20. The van der Waals surface area contributed by atoms with E-state index in [1.54, 1.807) is 10.7 Å². The lowest BCUT2D eigenvalue weighted by molar-refractivity contribution is -0.117. The van der Waals surface area contributed by atoms with Crippen molar-refractivity contribution < 1.29 is 4.79 Å². The summed E-state index contributed by atoms with van der Waals surface area (Å²) in [5.74, 6) is 0.947. The van der Waals surface area contributed by atoms with Gasteiger partial charge in [-0.1, -0.05) is 30.3 Å². The molecule has 26 heavy (non-hydrogen) atoms. The van der Waals surface area contributed by atoms with Crippen molar-refractivity contribution in [3.05, 3.63) is 59.5 Å². The molecule has 2 aromatic heterocycles. The van der Waals surface area contributed by atoms with E-state index in [4.69, 9.17) is 0 Å². The van der Waals surface area contributed by atoms with E-state index in [0.717, 1.165) is 41.8 Å². The molecule has 0 saturated carbocycles. The van der Waals surface area contributed by atoms with Crippen molar-refractivity contribution in [1.82, 2.24) is 19.7 Å². The number of aryl methyl sites for hydroxylation is 3. The third-order valence-electron chi connectivity index (χ3n) is 4.67. The molecule has 6 heteroatoms. The predicted molar refractivity (Wildman–Crippen MR) is 99.7 cm³/mol. The summed E-state index contributed by atoms with van der Waals surface area (Å²) in [5.41, 5.74) is 3.81. The maximum Gasteiger partial charge on any atom is 0.233 e. The van der Waals surface area contributed by atoms with Gasteiger partial charge in [0, 0.05) is 36.1 Å². The maximum absolute atomic E-state index is 12.9. The highest BCUT2D eigenvalue weighted by Crippen LogP contribution is 2.31. The summed E-state index contributed by atoms with van der Waals surface area (Å²) in [4.78, 5) is 21.9. The lowest BCUT2D eigenvalue weighted by atomic mass is 9.86. The molecular formula is C20H21N5O. The fourth-order valence-corrected chi connectivity index (χ4v) is 3.50. The van der Waals surface area contributed by atoms with Gasteiger partial charge in [-0.15, -0.1) is 0 Å². The first-order valence-corrected chi connectivity index (χ1v) is 8.84. The van der Waals surface area contributed by atoms with Gasteiger partial charge < -0.3 is 5.32 Å². The number of hydrogen-bond donors (Lipinski definition) is 1. The molecule has 1 aliphatic carbocycles. The smallest absolute Gasteiger partial charge is 0.233 e. The van der Waals surface area contributed by atoms with Gasteiger partial charge in [0.25, 0.3) is 0 Å². The molecule has 1 unspecified atom stereocenters. The number of amides is 1. The molecule has 132 valence electrons. The van der Waals surface area contributed by atoms with Crippen LogP contribution in [0.15, 0.2) is 42.6 Å². The Hall–Kier alpha value is -3.02. The fraction of sp³-hybridized carbons (Fsp3) is 0.300. The predicted octanol–water partition coefficient (Wildman–Crippen LogP) is 3.24. The molecule has 0 bridgehead atoms. The van der Waals surface area contributed by atoms with Crippen molar-refractivity contribution in [2.75, 3.05) is 5.32 Å². The highest BCUT2D eigenvalue weighted by molar-refractivity contribution is 5.95. The fourth-order valence-electron chi connectivity index (χ4n) is 3.50. The van der Waals surface area contributed by atoms with E-state index < -0.39 is 0 Å². The number of benzene rings is 1. The van der Waals surface area contributed by atoms with Crippen LogP contribution in [0, 0.1) is 6.92 Å². The van der Waals surface area contributed by atoms with Crippen molar-refractivity contribution in [2.45, 2.75) is 32.1 Å². The van der Waals surface area contributed by atoms with Crippen LogP contribution in [0.2, 0.25) is 0 Å². The molecule has 1 amide bonds. The maximum atomic E-state index is 12.9. The first kappa shape index (κ1) is 16.4. The van der Waals surface area contributed by atoms with E-state index >= 15 is 0 Å². The van der Waals surface area contributed by atoms with Gasteiger partial charge in [0.2, 0.25) is 5.91 Å². The third-order valence-corrected chi connectivity index (χ3v) is 4.67. The average molecular weight is 347 g/mol. The molecule has 3 aromatic rings. The van der Waals surface area contributed by atoms with Gasteiger partial charge in [-0.25, -0.2) is 9.97 Å². The van der Waals surface area contributed by atoms with Crippen LogP contribution in [0.1, 0.15) is 35.7 Å². The summed E-state index contributed by atoms with van der Waals surface area (Å²) in [6.07, 6.45) is 4.70. The summed E-state index contributed by atoms with van der Waals surface area (Å²) in [6, 6.07) is 11.6. The second kappa shape index (κ2) is 6.71. The van der Waals surface area contributed by atoms with Gasteiger partial charge in [-0.05, 0) is 26.2 Å². The minimum atomic E-state index is -0.178. The Kier molecular flexibility index (Phi) is 4.24. The quantitative estimate of drug-likeness (QED) is 0.789. The Balaban J connectivity index is 1.60. The largest absolute Gasteiger partial charge is 0.310 e. The zero-order valence-electron chi connectivity index (χ0n) is 14.9. The number of aromatic nitrogens is 4. The topological polar surface area (TPSA) is 72.7 Å². The van der Waals surface area contributed by atoms with Crippen molar-refractivity contribution in [2.24, 2.45) is 7.05 Å². The monoisotopic (exact) mass is 347 g/mol. The van der Waals surface area contributed by atoms with Gasteiger partial charge in [-0.3, -0.25) is 9.48 Å². The van der Waals surface area contributed by atoms with Crippen molar-refractivity contribution in [3.63, 3.8) is 0 Å². The van der Waals surface area contributed by atoms with Crippen LogP contribution in [0.25, 0.3) is 11.4 Å². The number of anilines is 1. The van der Waals surface area contributed by atoms with Gasteiger partial charge in [0.1, 0.15) is 5.82 Å². The highest BCUT2D eigenvalue weighted by atomic mass is 16.1. The molecule has 1 aromatic carbocycles. The Bertz CT molecular complexity index is 948. The van der Waals surface area contributed by atoms with Crippen LogP contribution in [0.4, 0.5) is 5.82 Å². The minimum absolute atomic E-state index is 0.0314. The highest BCUT2D eigenvalue weighted by Gasteiger charge is 2.29. The number of rotatable bonds is 3. The molecule has 0 spiro atoms. The SMILES string of the molecule is Cc1cc(NC(=O)C2CCCc3nn(C)cc32)nc(-c2ccccc2)n1. The average Bonchev–Trinajstić information content (AvgIpc) is 3.02. The Labute approximate surface area is 152 Å². The van der Waals surface area contributed by atoms with E-state index in [0.29, 0.717) is 11.6 Å². The van der Waals surface area contributed by atoms with Crippen LogP contribution in [-0.2, 0) is 18.3 Å². The molecule has 0 radical (unpaired) electrons. The standard InChI is InChI=1S/C20H21N5O/c1-13-11-18(22-19(21-13)14-7-4-3-5-8-14)23-20(26)15-9-6-10-17-16(15)12-25(2)24-17/h3-5,7-8,11-12,15H,6,9-10H2,1-2H3,(H,21,22,23,26). The molecular weight excluding hydrogens is 326 g/mol. The summed E-state index contributed by atoms with van der Waals surface area (Å²) < 4.78 is 1.79. The lowest BCUT2D eigenvalue weighted by Crippen LogP contribution is -2.24. The second-order valence-electron chi connectivity index (χ2n) is 6.72. The first-order chi connectivity index (χ1) is 12.6. The molecule has 4 rings (SSSR count). The summed E-state index contributed by atoms with van der Waals surface area (Å²) in [7, 11) is 1.90.